The van der Waals surface area contributed by atoms with Crippen LogP contribution in [0.2, 0.25) is 0 Å². The first-order valence-electron chi connectivity index (χ1n) is 13.9. The van der Waals surface area contributed by atoms with Crippen LogP contribution in [0.1, 0.15) is 106 Å². The van der Waals surface area contributed by atoms with Crippen LogP contribution in [-0.4, -0.2) is 11.2 Å². The van der Waals surface area contributed by atoms with E-state index in [1.807, 2.05) is 0 Å². The Morgan fingerprint density at radius 1 is 0.903 bits per heavy atom. The SMILES string of the molecule is CC(C)C(C)C1(C)CC1C(C)[C@H]1CCC2C3CC=C4C[C@@H](O)CC[C@]4(C)C3CC[C@@]21C. The minimum Gasteiger partial charge on any atom is -0.393 e. The van der Waals surface area contributed by atoms with E-state index in [1.54, 1.807) is 5.57 Å². The van der Waals surface area contributed by atoms with Gasteiger partial charge in [-0.2, -0.15) is 0 Å². The summed E-state index contributed by atoms with van der Waals surface area (Å²) in [4.78, 5) is 0. The van der Waals surface area contributed by atoms with Gasteiger partial charge in [0.05, 0.1) is 6.10 Å². The van der Waals surface area contributed by atoms with Crippen molar-refractivity contribution in [3.05, 3.63) is 11.6 Å². The lowest BCUT2D eigenvalue weighted by atomic mass is 9.47. The molecule has 0 bridgehead atoms. The summed E-state index contributed by atoms with van der Waals surface area (Å²) >= 11 is 0. The van der Waals surface area contributed by atoms with Crippen molar-refractivity contribution in [1.82, 2.24) is 0 Å². The third-order valence-corrected chi connectivity index (χ3v) is 12.8. The topological polar surface area (TPSA) is 20.2 Å². The van der Waals surface area contributed by atoms with Crippen LogP contribution in [0, 0.1) is 63.6 Å². The van der Waals surface area contributed by atoms with E-state index in [4.69, 9.17) is 0 Å². The first-order valence-corrected chi connectivity index (χ1v) is 13.9. The fourth-order valence-corrected chi connectivity index (χ4v) is 10.3. The van der Waals surface area contributed by atoms with Crippen molar-refractivity contribution < 1.29 is 5.11 Å². The summed E-state index contributed by atoms with van der Waals surface area (Å²) in [5.74, 6) is 7.17. The van der Waals surface area contributed by atoms with Gasteiger partial charge in [0.25, 0.3) is 0 Å². The third-order valence-electron chi connectivity index (χ3n) is 12.8. The predicted molar refractivity (Wildman–Crippen MR) is 131 cm³/mol. The Bertz CT molecular complexity index is 737. The second-order valence-electron chi connectivity index (χ2n) is 14.1. The van der Waals surface area contributed by atoms with E-state index in [2.05, 4.69) is 54.5 Å². The van der Waals surface area contributed by atoms with Crippen LogP contribution in [0.3, 0.4) is 0 Å². The van der Waals surface area contributed by atoms with Crippen LogP contribution in [0.15, 0.2) is 11.6 Å². The molecule has 0 aliphatic heterocycles. The van der Waals surface area contributed by atoms with Gasteiger partial charge in [-0.05, 0) is 121 Å². The molecule has 0 heterocycles. The van der Waals surface area contributed by atoms with E-state index >= 15 is 0 Å². The van der Waals surface area contributed by atoms with Gasteiger partial charge in [0.1, 0.15) is 0 Å². The summed E-state index contributed by atoms with van der Waals surface area (Å²) in [6, 6.07) is 0. The Hall–Kier alpha value is -0.300. The lowest BCUT2D eigenvalue weighted by Crippen LogP contribution is -2.51. The summed E-state index contributed by atoms with van der Waals surface area (Å²) in [5.41, 5.74) is 3.17. The molecule has 5 aliphatic carbocycles. The van der Waals surface area contributed by atoms with Gasteiger partial charge in [0.15, 0.2) is 0 Å². The molecule has 5 aliphatic rings. The number of allylic oxidation sites excluding steroid dienone is 1. The van der Waals surface area contributed by atoms with Crippen molar-refractivity contribution in [2.45, 2.75) is 112 Å². The molecule has 5 rings (SSSR count). The first kappa shape index (κ1) is 22.5. The van der Waals surface area contributed by atoms with Gasteiger partial charge in [0, 0.05) is 0 Å². The highest BCUT2D eigenvalue weighted by atomic mass is 16.3. The van der Waals surface area contributed by atoms with Crippen molar-refractivity contribution in [1.29, 1.82) is 0 Å². The quantitative estimate of drug-likeness (QED) is 0.453. The molecular formula is C30H50O. The van der Waals surface area contributed by atoms with E-state index in [1.165, 1.54) is 44.9 Å². The van der Waals surface area contributed by atoms with Crippen LogP contribution in [0.5, 0.6) is 0 Å². The minimum absolute atomic E-state index is 0.0810. The van der Waals surface area contributed by atoms with Crippen LogP contribution in [0.25, 0.3) is 0 Å². The average molecular weight is 427 g/mol. The molecule has 1 N–H and O–H groups in total. The standard InChI is InChI=1S/C30H50O/c1-18(2)20(4)30(7)17-27(30)19(3)24-10-11-25-23-9-8-21-16-22(31)12-14-28(21,5)26(23)13-15-29(24,25)6/h8,18-20,22-27,31H,9-17H2,1-7H3/t19?,20?,22-,23?,24+,25?,26?,27?,28-,29+,30?/m0/s1. The second kappa shape index (κ2) is 7.35. The molecule has 1 nitrogen and oxygen atoms in total. The van der Waals surface area contributed by atoms with E-state index in [0.717, 1.165) is 60.2 Å². The van der Waals surface area contributed by atoms with Crippen LogP contribution in [0.4, 0.5) is 0 Å². The highest BCUT2D eigenvalue weighted by Gasteiger charge is 2.63. The van der Waals surface area contributed by atoms with Gasteiger partial charge in [-0.3, -0.25) is 0 Å². The van der Waals surface area contributed by atoms with E-state index < -0.39 is 0 Å². The smallest absolute Gasteiger partial charge is 0.0577 e. The first-order chi connectivity index (χ1) is 14.5. The monoisotopic (exact) mass is 426 g/mol. The van der Waals surface area contributed by atoms with Crippen LogP contribution < -0.4 is 0 Å². The van der Waals surface area contributed by atoms with Crippen molar-refractivity contribution in [3.8, 4) is 0 Å². The van der Waals surface area contributed by atoms with Gasteiger partial charge >= 0.3 is 0 Å². The Balaban J connectivity index is 1.35. The normalized spacial score (nSPS) is 53.3. The molecule has 0 amide bonds. The van der Waals surface area contributed by atoms with Gasteiger partial charge in [0.2, 0.25) is 0 Å². The molecule has 1 heteroatoms. The van der Waals surface area contributed by atoms with Crippen molar-refractivity contribution >= 4 is 0 Å². The zero-order chi connectivity index (χ0) is 22.3. The molecule has 0 spiro atoms. The minimum atomic E-state index is -0.0810. The fourth-order valence-electron chi connectivity index (χ4n) is 10.3. The second-order valence-corrected chi connectivity index (χ2v) is 14.1. The molecule has 0 aromatic carbocycles. The number of hydrogen-bond acceptors (Lipinski definition) is 1. The average Bonchev–Trinajstić information content (AvgIpc) is 3.29. The molecule has 7 unspecified atom stereocenters. The maximum Gasteiger partial charge on any atom is 0.0577 e. The van der Waals surface area contributed by atoms with E-state index in [0.29, 0.717) is 16.2 Å². The Morgan fingerprint density at radius 3 is 2.35 bits per heavy atom. The molecule has 0 aromatic heterocycles. The summed E-state index contributed by atoms with van der Waals surface area (Å²) in [6.07, 6.45) is 14.4. The lowest BCUT2D eigenvalue weighted by molar-refractivity contribution is -0.0592. The molecule has 0 saturated heterocycles. The van der Waals surface area contributed by atoms with Crippen molar-refractivity contribution in [2.24, 2.45) is 63.6 Å². The number of aliphatic hydroxyl groups is 1. The Kier molecular flexibility index (Phi) is 5.33. The summed E-state index contributed by atoms with van der Waals surface area (Å²) in [5, 5.41) is 10.3. The highest BCUT2D eigenvalue weighted by Crippen LogP contribution is 2.71. The summed E-state index contributed by atoms with van der Waals surface area (Å²) in [7, 11) is 0. The molecule has 0 radical (unpaired) electrons. The predicted octanol–water partition coefficient (Wildman–Crippen LogP) is 7.88. The zero-order valence-corrected chi connectivity index (χ0v) is 21.6. The number of aliphatic hydroxyl groups excluding tert-OH is 1. The highest BCUT2D eigenvalue weighted by molar-refractivity contribution is 5.25. The van der Waals surface area contributed by atoms with E-state index in [9.17, 15) is 5.11 Å². The largest absolute Gasteiger partial charge is 0.393 e. The summed E-state index contributed by atoms with van der Waals surface area (Å²) in [6.45, 7) is 17.9. The summed E-state index contributed by atoms with van der Waals surface area (Å²) < 4.78 is 0. The van der Waals surface area contributed by atoms with Gasteiger partial charge in [-0.25, -0.2) is 0 Å². The van der Waals surface area contributed by atoms with E-state index in [-0.39, 0.29) is 6.10 Å². The maximum atomic E-state index is 10.3. The van der Waals surface area contributed by atoms with Crippen LogP contribution >= 0.6 is 0 Å². The number of rotatable bonds is 4. The zero-order valence-electron chi connectivity index (χ0n) is 21.6. The van der Waals surface area contributed by atoms with Gasteiger partial charge in [-0.1, -0.05) is 60.1 Å². The number of fused-ring (bicyclic) bond motifs is 5. The van der Waals surface area contributed by atoms with Gasteiger partial charge < -0.3 is 5.11 Å². The maximum absolute atomic E-state index is 10.3. The van der Waals surface area contributed by atoms with Crippen molar-refractivity contribution in [2.75, 3.05) is 0 Å². The molecule has 0 aromatic rings. The van der Waals surface area contributed by atoms with Crippen molar-refractivity contribution in [3.63, 3.8) is 0 Å². The third kappa shape index (κ3) is 3.18. The molecule has 4 fully saturated rings. The number of hydrogen-bond donors (Lipinski definition) is 1. The fraction of sp³-hybridized carbons (Fsp3) is 0.933. The van der Waals surface area contributed by atoms with Crippen LogP contribution in [-0.2, 0) is 0 Å². The molecule has 4 saturated carbocycles. The lowest BCUT2D eigenvalue weighted by Gasteiger charge is -2.58. The Morgan fingerprint density at radius 2 is 1.65 bits per heavy atom. The Labute approximate surface area is 192 Å². The molecule has 176 valence electrons. The van der Waals surface area contributed by atoms with Gasteiger partial charge in [-0.15, -0.1) is 0 Å². The molecule has 11 atom stereocenters. The molecule has 31 heavy (non-hydrogen) atoms. The molecular weight excluding hydrogens is 376 g/mol.